The van der Waals surface area contributed by atoms with Crippen molar-refractivity contribution in [2.75, 3.05) is 0 Å². The van der Waals surface area contributed by atoms with Crippen LogP contribution >= 0.6 is 0 Å². The minimum Gasteiger partial charge on any atom is -0.256 e. The topological polar surface area (TPSA) is 37.6 Å². The molecule has 3 heteroatoms. The summed E-state index contributed by atoms with van der Waals surface area (Å²) >= 11 is 0. The van der Waals surface area contributed by atoms with Gasteiger partial charge in [-0.05, 0) is 58.2 Å². The van der Waals surface area contributed by atoms with Gasteiger partial charge in [0, 0.05) is 34.9 Å². The third-order valence-electron chi connectivity index (χ3n) is 8.03. The lowest BCUT2D eigenvalue weighted by atomic mass is 9.90. The van der Waals surface area contributed by atoms with E-state index in [9.17, 15) is 0 Å². The first-order valence-electron chi connectivity index (χ1n) is 14.8. The summed E-state index contributed by atoms with van der Waals surface area (Å²) in [5.41, 5.74) is 11.0. The molecule has 0 radical (unpaired) electrons. The summed E-state index contributed by atoms with van der Waals surface area (Å²) in [4.78, 5) is 15.1. The second-order valence-corrected chi connectivity index (χ2v) is 10.7. The van der Waals surface area contributed by atoms with E-state index in [1.165, 1.54) is 16.3 Å². The van der Waals surface area contributed by atoms with Gasteiger partial charge in [0.2, 0.25) is 0 Å². The molecule has 206 valence electrons. The minimum absolute atomic E-state index is 0.729. The Kier molecular flexibility index (Phi) is 7.29. The van der Waals surface area contributed by atoms with Gasteiger partial charge in [-0.1, -0.05) is 122 Å². The molecule has 1 aromatic heterocycles. The Labute approximate surface area is 252 Å². The molecule has 0 amide bonds. The van der Waals surface area contributed by atoms with E-state index in [1.54, 1.807) is 0 Å². The number of pyridine rings is 1. The van der Waals surface area contributed by atoms with Crippen molar-refractivity contribution in [1.29, 1.82) is 0 Å². The van der Waals surface area contributed by atoms with Crippen LogP contribution in [0.4, 0.5) is 0 Å². The molecular formula is C40H31N3. The number of hydrogen-bond donors (Lipinski definition) is 0. The molecule has 0 saturated heterocycles. The van der Waals surface area contributed by atoms with Crippen molar-refractivity contribution in [2.45, 2.75) is 19.8 Å². The highest BCUT2D eigenvalue weighted by atomic mass is 14.9. The zero-order valence-corrected chi connectivity index (χ0v) is 24.1. The molecule has 6 aromatic rings. The van der Waals surface area contributed by atoms with Crippen LogP contribution in [-0.2, 0) is 0 Å². The van der Waals surface area contributed by atoms with E-state index < -0.39 is 0 Å². The molecule has 3 nitrogen and oxygen atoms in total. The predicted octanol–water partition coefficient (Wildman–Crippen LogP) is 10.0. The maximum atomic E-state index is 5.35. The third-order valence-corrected chi connectivity index (χ3v) is 8.03. The Bertz CT molecular complexity index is 1990. The highest BCUT2D eigenvalue weighted by Gasteiger charge is 2.20. The maximum absolute atomic E-state index is 5.35. The molecule has 0 fully saturated rings. The first-order chi connectivity index (χ1) is 21.3. The van der Waals surface area contributed by atoms with Crippen molar-refractivity contribution in [3.8, 4) is 22.4 Å². The largest absolute Gasteiger partial charge is 0.256 e. The van der Waals surface area contributed by atoms with Gasteiger partial charge in [-0.3, -0.25) is 4.98 Å². The van der Waals surface area contributed by atoms with Crippen molar-refractivity contribution in [3.05, 3.63) is 168 Å². The molecule has 0 unspecified atom stereocenters. The van der Waals surface area contributed by atoms with Gasteiger partial charge in [0.1, 0.15) is 0 Å². The third kappa shape index (κ3) is 5.45. The van der Waals surface area contributed by atoms with Crippen molar-refractivity contribution in [1.82, 2.24) is 4.98 Å². The molecule has 7 rings (SSSR count). The minimum atomic E-state index is 0.729. The van der Waals surface area contributed by atoms with Crippen molar-refractivity contribution in [2.24, 2.45) is 9.98 Å². The van der Waals surface area contributed by atoms with E-state index in [4.69, 9.17) is 9.98 Å². The molecule has 1 aliphatic rings. The molecule has 2 heterocycles. The van der Waals surface area contributed by atoms with Gasteiger partial charge in [0.15, 0.2) is 5.84 Å². The maximum Gasteiger partial charge on any atom is 0.160 e. The average Bonchev–Trinajstić information content (AvgIpc) is 3.29. The second-order valence-electron chi connectivity index (χ2n) is 10.7. The Balaban J connectivity index is 1.39. The number of aromatic nitrogens is 1. The molecule has 5 aromatic carbocycles. The Morgan fingerprint density at radius 1 is 0.558 bits per heavy atom. The first kappa shape index (κ1) is 26.5. The summed E-state index contributed by atoms with van der Waals surface area (Å²) in [5.74, 6) is 0.743. The molecule has 43 heavy (non-hydrogen) atoms. The fourth-order valence-corrected chi connectivity index (χ4v) is 5.78. The Morgan fingerprint density at radius 2 is 1.23 bits per heavy atom. The molecule has 0 spiro atoms. The van der Waals surface area contributed by atoms with Crippen LogP contribution in [0.1, 0.15) is 36.5 Å². The lowest BCUT2D eigenvalue weighted by molar-refractivity contribution is 1.05. The second kappa shape index (κ2) is 11.8. The molecule has 0 bridgehead atoms. The van der Waals surface area contributed by atoms with Gasteiger partial charge in [-0.25, -0.2) is 9.98 Å². The summed E-state index contributed by atoms with van der Waals surface area (Å²) in [6.45, 7) is 2.22. The van der Waals surface area contributed by atoms with Crippen LogP contribution in [0.25, 0.3) is 38.9 Å². The van der Waals surface area contributed by atoms with Crippen molar-refractivity contribution in [3.63, 3.8) is 0 Å². The molecule has 0 aliphatic carbocycles. The van der Waals surface area contributed by atoms with Crippen LogP contribution in [0.3, 0.4) is 0 Å². The van der Waals surface area contributed by atoms with Gasteiger partial charge in [-0.2, -0.15) is 0 Å². The van der Waals surface area contributed by atoms with Crippen molar-refractivity contribution < 1.29 is 0 Å². The van der Waals surface area contributed by atoms with E-state index >= 15 is 0 Å². The quantitative estimate of drug-likeness (QED) is 0.202. The molecule has 0 N–H and O–H groups in total. The van der Waals surface area contributed by atoms with E-state index in [0.717, 1.165) is 69.2 Å². The summed E-state index contributed by atoms with van der Waals surface area (Å²) < 4.78 is 0. The molecular weight excluding hydrogens is 522 g/mol. The van der Waals surface area contributed by atoms with Gasteiger partial charge in [0.05, 0.1) is 17.1 Å². The van der Waals surface area contributed by atoms with E-state index in [-0.39, 0.29) is 0 Å². The number of benzene rings is 5. The SMILES string of the molecule is CCC1=C(c2ccccc2)N=C(c2ccccc2)N=C(c2cc(-c3ccc(-c4ccccn4)cc3)cc3ccccc23)C1. The molecule has 0 atom stereocenters. The van der Waals surface area contributed by atoms with Gasteiger partial charge in [0.25, 0.3) is 0 Å². The average molecular weight is 554 g/mol. The van der Waals surface area contributed by atoms with Crippen LogP contribution in [0.5, 0.6) is 0 Å². The molecule has 1 aliphatic heterocycles. The lowest BCUT2D eigenvalue weighted by Crippen LogP contribution is -2.07. The number of allylic oxidation sites excluding steroid dienone is 1. The number of hydrogen-bond acceptors (Lipinski definition) is 3. The highest BCUT2D eigenvalue weighted by Crippen LogP contribution is 2.34. The fourth-order valence-electron chi connectivity index (χ4n) is 5.78. The lowest BCUT2D eigenvalue weighted by Gasteiger charge is -2.15. The van der Waals surface area contributed by atoms with Crippen LogP contribution in [0.2, 0.25) is 0 Å². The van der Waals surface area contributed by atoms with Crippen molar-refractivity contribution >= 4 is 28.0 Å². The van der Waals surface area contributed by atoms with E-state index in [1.807, 2.05) is 30.5 Å². The summed E-state index contributed by atoms with van der Waals surface area (Å²) in [6, 6.07) is 48.7. The highest BCUT2D eigenvalue weighted by molar-refractivity contribution is 6.20. The Morgan fingerprint density at radius 3 is 1.95 bits per heavy atom. The van der Waals surface area contributed by atoms with E-state index in [0.29, 0.717) is 0 Å². The monoisotopic (exact) mass is 553 g/mol. The summed E-state index contributed by atoms with van der Waals surface area (Å²) in [7, 11) is 0. The molecule has 0 saturated carbocycles. The van der Waals surface area contributed by atoms with Crippen LogP contribution in [0, 0.1) is 0 Å². The normalized spacial score (nSPS) is 13.4. The summed E-state index contributed by atoms with van der Waals surface area (Å²) in [5, 5.41) is 2.39. The first-order valence-corrected chi connectivity index (χ1v) is 14.8. The van der Waals surface area contributed by atoms with Crippen LogP contribution in [0.15, 0.2) is 161 Å². The number of nitrogens with zero attached hydrogens (tertiary/aromatic N) is 3. The zero-order chi connectivity index (χ0) is 29.0. The predicted molar refractivity (Wildman–Crippen MR) is 180 cm³/mol. The number of amidine groups is 1. The van der Waals surface area contributed by atoms with Gasteiger partial charge in [-0.15, -0.1) is 0 Å². The van der Waals surface area contributed by atoms with Gasteiger partial charge < -0.3 is 0 Å². The van der Waals surface area contributed by atoms with Crippen LogP contribution in [-0.4, -0.2) is 16.5 Å². The zero-order valence-electron chi connectivity index (χ0n) is 24.1. The van der Waals surface area contributed by atoms with E-state index in [2.05, 4.69) is 127 Å². The summed E-state index contributed by atoms with van der Waals surface area (Å²) in [6.07, 6.45) is 3.45. The number of aliphatic imine (C=N–C) groups is 2. The van der Waals surface area contributed by atoms with Crippen LogP contribution < -0.4 is 0 Å². The Hall–Kier alpha value is -5.41. The fraction of sp³-hybridized carbons (Fsp3) is 0.0750. The number of fused-ring (bicyclic) bond motifs is 1. The smallest absolute Gasteiger partial charge is 0.160 e. The number of rotatable bonds is 6. The van der Waals surface area contributed by atoms with Gasteiger partial charge >= 0.3 is 0 Å². The standard InChI is InChI=1S/C40H31N3/c1-2-28-27-38(42-40(32-15-7-4-8-16-32)43-39(28)31-13-5-3-6-14-31)36-26-34(25-33-17-9-10-18-35(33)36)29-20-22-30(23-21-29)37-19-11-12-24-41-37/h3-26H,2,27H2,1H3.